The van der Waals surface area contributed by atoms with E-state index in [1.807, 2.05) is 0 Å². The lowest BCUT2D eigenvalue weighted by atomic mass is 9.98. The van der Waals surface area contributed by atoms with Crippen LogP contribution in [-0.2, 0) is 6.42 Å². The van der Waals surface area contributed by atoms with Crippen LogP contribution in [0.3, 0.4) is 0 Å². The zero-order valence-electron chi connectivity index (χ0n) is 19.8. The highest BCUT2D eigenvalue weighted by Crippen LogP contribution is 2.30. The molecule has 2 aromatic carbocycles. The fourth-order valence-corrected chi connectivity index (χ4v) is 4.21. The third-order valence-electron chi connectivity index (χ3n) is 6.17. The van der Waals surface area contributed by atoms with E-state index in [1.165, 1.54) is 66.2 Å². The van der Waals surface area contributed by atoms with Gasteiger partial charge < -0.3 is 14.9 Å². The smallest absolute Gasteiger partial charge is 0.0733 e. The fourth-order valence-electron chi connectivity index (χ4n) is 4.21. The molecular weight excluding hydrogens is 382 g/mol. The minimum atomic E-state index is 0.334. The van der Waals surface area contributed by atoms with Crippen LogP contribution in [0.4, 0.5) is 11.4 Å². The number of aryl methyl sites for hydroxylation is 1. The maximum atomic E-state index is 8.86. The predicted octanol–water partition coefficient (Wildman–Crippen LogP) is 6.18. The van der Waals surface area contributed by atoms with Crippen molar-refractivity contribution in [3.8, 4) is 0 Å². The largest absolute Gasteiger partial charge is 0.396 e. The van der Waals surface area contributed by atoms with Crippen molar-refractivity contribution < 1.29 is 5.11 Å². The molecule has 31 heavy (non-hydrogen) atoms. The molecular formula is C27H39N3O. The highest BCUT2D eigenvalue weighted by Gasteiger charge is 2.10. The van der Waals surface area contributed by atoms with Crippen molar-refractivity contribution in [2.24, 2.45) is 0 Å². The molecule has 0 saturated carbocycles. The van der Waals surface area contributed by atoms with Crippen LogP contribution < -0.4 is 9.80 Å². The molecule has 4 nitrogen and oxygen atoms in total. The Morgan fingerprint density at radius 1 is 0.677 bits per heavy atom. The maximum Gasteiger partial charge on any atom is 0.0733 e. The summed E-state index contributed by atoms with van der Waals surface area (Å²) in [5.41, 5.74) is 5.96. The highest BCUT2D eigenvalue weighted by atomic mass is 16.2. The minimum Gasteiger partial charge on any atom is -0.396 e. The number of nitrogens with zero attached hydrogens (tertiary/aromatic N) is 3. The van der Waals surface area contributed by atoms with E-state index >= 15 is 0 Å². The molecule has 0 aliphatic rings. The van der Waals surface area contributed by atoms with Crippen LogP contribution in [0, 0.1) is 0 Å². The first-order valence-electron chi connectivity index (χ1n) is 11.8. The number of unbranched alkanes of at least 4 members (excludes halogenated alkanes) is 7. The van der Waals surface area contributed by atoms with Crippen LogP contribution in [0.25, 0.3) is 21.8 Å². The summed E-state index contributed by atoms with van der Waals surface area (Å²) < 4.78 is 0. The molecule has 168 valence electrons. The first-order valence-corrected chi connectivity index (χ1v) is 11.8. The average Bonchev–Trinajstić information content (AvgIpc) is 2.75. The second kappa shape index (κ2) is 11.3. The van der Waals surface area contributed by atoms with Gasteiger partial charge in [0, 0.05) is 56.9 Å². The Kier molecular flexibility index (Phi) is 8.53. The van der Waals surface area contributed by atoms with E-state index in [0.29, 0.717) is 6.61 Å². The molecule has 4 heteroatoms. The Morgan fingerprint density at radius 3 is 1.94 bits per heavy atom. The summed E-state index contributed by atoms with van der Waals surface area (Å²) in [7, 11) is 8.35. The van der Waals surface area contributed by atoms with Gasteiger partial charge in [-0.1, -0.05) is 44.6 Å². The lowest BCUT2D eigenvalue weighted by molar-refractivity contribution is 0.282. The molecule has 0 unspecified atom stereocenters. The summed E-state index contributed by atoms with van der Waals surface area (Å²) in [6.07, 6.45) is 10.9. The van der Waals surface area contributed by atoms with Crippen molar-refractivity contribution in [3.05, 3.63) is 42.0 Å². The lowest BCUT2D eigenvalue weighted by Crippen LogP contribution is -2.09. The summed E-state index contributed by atoms with van der Waals surface area (Å²) in [4.78, 5) is 9.35. The predicted molar refractivity (Wildman–Crippen MR) is 136 cm³/mol. The molecule has 0 bridgehead atoms. The number of benzene rings is 2. The lowest BCUT2D eigenvalue weighted by Gasteiger charge is -2.17. The topological polar surface area (TPSA) is 39.6 Å². The Balaban J connectivity index is 1.74. The van der Waals surface area contributed by atoms with Crippen LogP contribution in [-0.4, -0.2) is 44.9 Å². The third-order valence-corrected chi connectivity index (χ3v) is 6.17. The van der Waals surface area contributed by atoms with Crippen molar-refractivity contribution in [3.63, 3.8) is 0 Å². The number of fused-ring (bicyclic) bond motifs is 2. The van der Waals surface area contributed by atoms with E-state index in [9.17, 15) is 0 Å². The zero-order chi connectivity index (χ0) is 22.2. The molecule has 0 saturated heterocycles. The summed E-state index contributed by atoms with van der Waals surface area (Å²) in [6.45, 7) is 0.334. The van der Waals surface area contributed by atoms with Gasteiger partial charge in [0.25, 0.3) is 0 Å². The molecule has 0 aliphatic carbocycles. The van der Waals surface area contributed by atoms with Crippen LogP contribution >= 0.6 is 0 Å². The normalized spacial score (nSPS) is 11.4. The van der Waals surface area contributed by atoms with Gasteiger partial charge in [0.15, 0.2) is 0 Å². The van der Waals surface area contributed by atoms with E-state index < -0.39 is 0 Å². The summed E-state index contributed by atoms with van der Waals surface area (Å²) in [5, 5.41) is 11.4. The van der Waals surface area contributed by atoms with Crippen LogP contribution in [0.5, 0.6) is 0 Å². The summed E-state index contributed by atoms with van der Waals surface area (Å²) in [6, 6.07) is 13.4. The number of hydrogen-bond acceptors (Lipinski definition) is 4. The van der Waals surface area contributed by atoms with Crippen molar-refractivity contribution in [1.82, 2.24) is 4.98 Å². The molecule has 0 spiro atoms. The second-order valence-electron chi connectivity index (χ2n) is 9.13. The number of aromatic nitrogens is 1. The van der Waals surface area contributed by atoms with Gasteiger partial charge in [-0.15, -0.1) is 0 Å². The van der Waals surface area contributed by atoms with Gasteiger partial charge in [-0.2, -0.15) is 0 Å². The summed E-state index contributed by atoms with van der Waals surface area (Å²) >= 11 is 0. The van der Waals surface area contributed by atoms with Gasteiger partial charge >= 0.3 is 0 Å². The van der Waals surface area contributed by atoms with E-state index in [4.69, 9.17) is 10.1 Å². The number of rotatable bonds is 12. The van der Waals surface area contributed by atoms with E-state index in [2.05, 4.69) is 74.4 Å². The molecule has 1 heterocycles. The van der Waals surface area contributed by atoms with E-state index in [-0.39, 0.29) is 0 Å². The van der Waals surface area contributed by atoms with Crippen molar-refractivity contribution in [2.45, 2.75) is 57.8 Å². The molecule has 1 N–H and O–H groups in total. The van der Waals surface area contributed by atoms with E-state index in [0.717, 1.165) is 30.3 Å². The first kappa shape index (κ1) is 23.3. The average molecular weight is 422 g/mol. The number of aliphatic hydroxyl groups excluding tert-OH is 1. The zero-order valence-corrected chi connectivity index (χ0v) is 19.8. The molecule has 3 rings (SSSR count). The SMILES string of the molecule is CN(C)c1ccc2cc3c(CCCCCCCCCCO)cc(N(C)C)cc3nc2c1. The minimum absolute atomic E-state index is 0.334. The Hall–Kier alpha value is -2.33. The van der Waals surface area contributed by atoms with Crippen LogP contribution in [0.1, 0.15) is 56.9 Å². The van der Waals surface area contributed by atoms with Gasteiger partial charge in [0.1, 0.15) is 0 Å². The van der Waals surface area contributed by atoms with Gasteiger partial charge in [-0.25, -0.2) is 4.98 Å². The quantitative estimate of drug-likeness (QED) is 0.280. The highest BCUT2D eigenvalue weighted by molar-refractivity contribution is 5.97. The van der Waals surface area contributed by atoms with Crippen molar-refractivity contribution in [2.75, 3.05) is 44.6 Å². The molecule has 0 aliphatic heterocycles. The molecule has 1 aromatic heterocycles. The Labute approximate surface area is 187 Å². The van der Waals surface area contributed by atoms with E-state index in [1.54, 1.807) is 0 Å². The number of pyridine rings is 1. The summed E-state index contributed by atoms with van der Waals surface area (Å²) in [5.74, 6) is 0. The monoisotopic (exact) mass is 421 g/mol. The van der Waals surface area contributed by atoms with Crippen LogP contribution in [0.15, 0.2) is 36.4 Å². The molecule has 3 aromatic rings. The van der Waals surface area contributed by atoms with Gasteiger partial charge in [-0.3, -0.25) is 0 Å². The molecule has 0 amide bonds. The van der Waals surface area contributed by atoms with Gasteiger partial charge in [-0.05, 0) is 55.2 Å². The molecule has 0 atom stereocenters. The number of anilines is 2. The third kappa shape index (κ3) is 6.33. The Bertz CT molecular complexity index is 981. The first-order chi connectivity index (χ1) is 15.0. The fraction of sp³-hybridized carbons (Fsp3) is 0.519. The maximum absolute atomic E-state index is 8.86. The van der Waals surface area contributed by atoms with Crippen molar-refractivity contribution in [1.29, 1.82) is 0 Å². The standard InChI is InChI=1S/C27H39N3O/c1-29(2)23-15-14-22-18-25-21(13-11-9-7-5-6-8-10-12-16-31)17-24(30(3)4)20-27(25)28-26(22)19-23/h14-15,17-20,31H,5-13,16H2,1-4H3. The molecule has 0 radical (unpaired) electrons. The van der Waals surface area contributed by atoms with Gasteiger partial charge in [0.05, 0.1) is 11.0 Å². The number of aliphatic hydroxyl groups is 1. The van der Waals surface area contributed by atoms with Gasteiger partial charge in [0.2, 0.25) is 0 Å². The van der Waals surface area contributed by atoms with Crippen LogP contribution in [0.2, 0.25) is 0 Å². The second-order valence-corrected chi connectivity index (χ2v) is 9.13. The Morgan fingerprint density at radius 2 is 1.29 bits per heavy atom. The number of hydrogen-bond donors (Lipinski definition) is 1. The van der Waals surface area contributed by atoms with Crippen molar-refractivity contribution >= 4 is 33.2 Å². The molecule has 0 fully saturated rings.